The Labute approximate surface area is 177 Å². The van der Waals surface area contributed by atoms with Crippen molar-refractivity contribution in [3.8, 4) is 0 Å². The minimum atomic E-state index is -4.25. The van der Waals surface area contributed by atoms with Gasteiger partial charge in [0, 0.05) is 31.1 Å². The summed E-state index contributed by atoms with van der Waals surface area (Å²) < 4.78 is 72.5. The van der Waals surface area contributed by atoms with Crippen LogP contribution in [-0.2, 0) is 22.1 Å². The largest absolute Gasteiger partial charge is 0.369 e. The number of aliphatic imine (C=N–C) groups is 1. The van der Waals surface area contributed by atoms with Crippen LogP contribution in [0.25, 0.3) is 10.9 Å². The lowest BCUT2D eigenvalue weighted by Crippen LogP contribution is -2.52. The third-order valence-electron chi connectivity index (χ3n) is 5.64. The molecule has 1 aliphatic heterocycles. The number of guanidine groups is 1. The minimum absolute atomic E-state index is 0.247. The van der Waals surface area contributed by atoms with E-state index >= 15 is 0 Å². The molecule has 1 aliphatic rings. The summed E-state index contributed by atoms with van der Waals surface area (Å²) in [6.07, 6.45) is 1.58. The summed E-state index contributed by atoms with van der Waals surface area (Å²) in [5.74, 6) is -4.05. The van der Waals surface area contributed by atoms with Crippen LogP contribution in [0.3, 0.4) is 0 Å². The molecule has 31 heavy (non-hydrogen) atoms. The molecule has 4 rings (SSSR count). The van der Waals surface area contributed by atoms with Crippen LogP contribution in [0.15, 0.2) is 41.5 Å². The van der Waals surface area contributed by atoms with E-state index in [9.17, 15) is 21.6 Å². The summed E-state index contributed by atoms with van der Waals surface area (Å²) >= 11 is 0. The van der Waals surface area contributed by atoms with Gasteiger partial charge >= 0.3 is 0 Å². The molecule has 11 heteroatoms. The van der Waals surface area contributed by atoms with Crippen molar-refractivity contribution in [2.75, 3.05) is 7.05 Å². The molecule has 0 unspecified atom stereocenters. The van der Waals surface area contributed by atoms with Crippen LogP contribution in [0.2, 0.25) is 0 Å². The summed E-state index contributed by atoms with van der Waals surface area (Å²) in [7, 11) is -3.03. The second-order valence-corrected chi connectivity index (χ2v) is 9.58. The van der Waals surface area contributed by atoms with E-state index in [0.717, 1.165) is 9.82 Å². The molecule has 0 aliphatic carbocycles. The highest BCUT2D eigenvalue weighted by Crippen LogP contribution is 2.49. The van der Waals surface area contributed by atoms with Crippen LogP contribution in [-0.4, -0.2) is 35.5 Å². The van der Waals surface area contributed by atoms with E-state index in [0.29, 0.717) is 24.1 Å². The number of hydrogen-bond acceptors (Lipinski definition) is 5. The summed E-state index contributed by atoms with van der Waals surface area (Å²) in [6, 6.07) is 5.83. The molecule has 0 amide bonds. The van der Waals surface area contributed by atoms with Crippen molar-refractivity contribution in [1.82, 2.24) is 14.1 Å². The average Bonchev–Trinajstić information content (AvgIpc) is 3.07. The molecule has 0 saturated heterocycles. The zero-order chi connectivity index (χ0) is 22.7. The SMILES string of the molecule is CCn1ncc2cc([C@@H]3[C@@](C)(c4c(F)cc(F)cc4F)N=C(N)N(C)S3(=O)=O)ccc21. The molecule has 0 radical (unpaired) electrons. The van der Waals surface area contributed by atoms with Gasteiger partial charge in [0.1, 0.15) is 28.2 Å². The number of fused-ring (bicyclic) bond motifs is 1. The molecule has 0 fully saturated rings. The van der Waals surface area contributed by atoms with Crippen molar-refractivity contribution in [2.24, 2.45) is 10.7 Å². The second kappa shape index (κ2) is 6.98. The molecule has 164 valence electrons. The van der Waals surface area contributed by atoms with Crippen LogP contribution >= 0.6 is 0 Å². The summed E-state index contributed by atoms with van der Waals surface area (Å²) in [5.41, 5.74) is 4.16. The Hall–Kier alpha value is -3.08. The lowest BCUT2D eigenvalue weighted by molar-refractivity contribution is 0.378. The van der Waals surface area contributed by atoms with Crippen molar-refractivity contribution in [1.29, 1.82) is 0 Å². The molecule has 2 aromatic carbocycles. The number of sulfonamides is 1. The third-order valence-corrected chi connectivity index (χ3v) is 7.92. The van der Waals surface area contributed by atoms with Crippen LogP contribution in [0.4, 0.5) is 13.2 Å². The van der Waals surface area contributed by atoms with E-state index in [1.165, 1.54) is 14.0 Å². The molecule has 0 saturated carbocycles. The van der Waals surface area contributed by atoms with E-state index in [-0.39, 0.29) is 5.56 Å². The zero-order valence-electron chi connectivity index (χ0n) is 17.0. The van der Waals surface area contributed by atoms with Gasteiger partial charge in [-0.2, -0.15) is 5.10 Å². The highest BCUT2D eigenvalue weighted by Gasteiger charge is 2.53. The molecule has 0 spiro atoms. The van der Waals surface area contributed by atoms with Crippen molar-refractivity contribution >= 4 is 26.9 Å². The van der Waals surface area contributed by atoms with Gasteiger partial charge in [-0.1, -0.05) is 6.07 Å². The molecular weight excluding hydrogens is 431 g/mol. The van der Waals surface area contributed by atoms with E-state index in [4.69, 9.17) is 5.73 Å². The van der Waals surface area contributed by atoms with Crippen molar-refractivity contribution in [2.45, 2.75) is 31.2 Å². The highest BCUT2D eigenvalue weighted by molar-refractivity contribution is 7.90. The number of nitrogens with zero attached hydrogens (tertiary/aromatic N) is 4. The zero-order valence-corrected chi connectivity index (χ0v) is 17.8. The number of halogens is 3. The number of aryl methyl sites for hydroxylation is 1. The first-order valence-electron chi connectivity index (χ1n) is 9.44. The van der Waals surface area contributed by atoms with Crippen molar-refractivity contribution in [3.05, 3.63) is 65.1 Å². The summed E-state index contributed by atoms with van der Waals surface area (Å²) in [6.45, 7) is 3.79. The number of nitrogens with two attached hydrogens (primary N) is 1. The molecule has 0 bridgehead atoms. The number of hydrogen-bond donors (Lipinski definition) is 1. The molecular formula is C20H20F3N5O2S. The topological polar surface area (TPSA) is 93.6 Å². The van der Waals surface area contributed by atoms with Gasteiger partial charge in [0.05, 0.1) is 17.3 Å². The van der Waals surface area contributed by atoms with Crippen molar-refractivity contribution in [3.63, 3.8) is 0 Å². The summed E-state index contributed by atoms with van der Waals surface area (Å²) in [4.78, 5) is 4.19. The maximum absolute atomic E-state index is 14.8. The number of aromatic nitrogens is 2. The minimum Gasteiger partial charge on any atom is -0.369 e. The third kappa shape index (κ3) is 3.06. The Morgan fingerprint density at radius 1 is 1.16 bits per heavy atom. The average molecular weight is 451 g/mol. The van der Waals surface area contributed by atoms with Gasteiger partial charge in [0.15, 0.2) is 0 Å². The van der Waals surface area contributed by atoms with Gasteiger partial charge in [-0.3, -0.25) is 4.68 Å². The van der Waals surface area contributed by atoms with Crippen LogP contribution in [0.5, 0.6) is 0 Å². The Bertz CT molecular complexity index is 1310. The van der Waals surface area contributed by atoms with Gasteiger partial charge in [0.2, 0.25) is 16.0 Å². The van der Waals surface area contributed by atoms with Gasteiger partial charge in [-0.15, -0.1) is 0 Å². The van der Waals surface area contributed by atoms with E-state index in [1.807, 2.05) is 6.92 Å². The molecule has 7 nitrogen and oxygen atoms in total. The molecule has 2 atom stereocenters. The first-order valence-corrected chi connectivity index (χ1v) is 10.9. The number of rotatable bonds is 3. The monoisotopic (exact) mass is 451 g/mol. The van der Waals surface area contributed by atoms with Gasteiger partial charge in [0.25, 0.3) is 0 Å². The van der Waals surface area contributed by atoms with Crippen molar-refractivity contribution < 1.29 is 21.6 Å². The maximum atomic E-state index is 14.8. The Morgan fingerprint density at radius 3 is 2.42 bits per heavy atom. The predicted molar refractivity (Wildman–Crippen MR) is 110 cm³/mol. The van der Waals surface area contributed by atoms with E-state index < -0.39 is 49.8 Å². The Balaban J connectivity index is 2.03. The fourth-order valence-corrected chi connectivity index (χ4v) is 6.03. The fraction of sp³-hybridized carbons (Fsp3) is 0.300. The van der Waals surface area contributed by atoms with E-state index in [2.05, 4.69) is 10.1 Å². The standard InChI is InChI=1S/C20H20F3N5O2S/c1-4-28-16-6-5-11(7-12(16)10-25-28)18-20(2,26-19(24)27(3)31(18,29)30)17-14(22)8-13(21)9-15(17)23/h5-10,18H,4H2,1-3H3,(H2,24,26)/t18-,20-/m1/s1. The normalized spacial score (nSPS) is 23.2. The van der Waals surface area contributed by atoms with Crippen LogP contribution in [0.1, 0.15) is 30.2 Å². The molecule has 2 N–H and O–H groups in total. The highest BCUT2D eigenvalue weighted by atomic mass is 32.2. The van der Waals surface area contributed by atoms with E-state index in [1.54, 1.807) is 29.1 Å². The number of benzene rings is 2. The Morgan fingerprint density at radius 2 is 1.81 bits per heavy atom. The predicted octanol–water partition coefficient (Wildman–Crippen LogP) is 3.02. The first kappa shape index (κ1) is 21.2. The smallest absolute Gasteiger partial charge is 0.247 e. The van der Waals surface area contributed by atoms with Gasteiger partial charge in [-0.05, 0) is 31.5 Å². The maximum Gasteiger partial charge on any atom is 0.247 e. The molecule has 1 aromatic heterocycles. The second-order valence-electron chi connectivity index (χ2n) is 7.53. The lowest BCUT2D eigenvalue weighted by atomic mass is 9.84. The van der Waals surface area contributed by atoms with Gasteiger partial charge in [-0.25, -0.2) is 30.9 Å². The quantitative estimate of drug-likeness (QED) is 0.663. The summed E-state index contributed by atoms with van der Waals surface area (Å²) in [5, 5.41) is 3.37. The van der Waals surface area contributed by atoms with Crippen LogP contribution < -0.4 is 5.73 Å². The fourth-order valence-electron chi connectivity index (χ4n) is 4.18. The Kier molecular flexibility index (Phi) is 4.76. The lowest BCUT2D eigenvalue weighted by Gasteiger charge is -2.41. The van der Waals surface area contributed by atoms with Gasteiger partial charge < -0.3 is 5.73 Å². The molecule has 3 aromatic rings. The molecule has 2 heterocycles. The van der Waals surface area contributed by atoms with Crippen LogP contribution in [0, 0.1) is 17.5 Å². The first-order chi connectivity index (χ1) is 14.5.